The summed E-state index contributed by atoms with van der Waals surface area (Å²) in [6.07, 6.45) is -4.32. The highest BCUT2D eigenvalue weighted by molar-refractivity contribution is 5.94. The Labute approximate surface area is 201 Å². The Morgan fingerprint density at radius 3 is 2.47 bits per heavy atom. The molecule has 10 nitrogen and oxygen atoms in total. The Balaban J connectivity index is 1.48. The van der Waals surface area contributed by atoms with E-state index in [9.17, 15) is 22.8 Å². The monoisotopic (exact) mass is 500 g/mol. The fourth-order valence-corrected chi connectivity index (χ4v) is 3.33. The first kappa shape index (κ1) is 24.3. The fraction of sp³-hybridized carbons (Fsp3) is 0.130. The summed E-state index contributed by atoms with van der Waals surface area (Å²) >= 11 is 0. The number of anilines is 2. The number of amides is 2. The van der Waals surface area contributed by atoms with Gasteiger partial charge in [-0.1, -0.05) is 12.1 Å². The largest absolute Gasteiger partial charge is 0.573 e. The highest BCUT2D eigenvalue weighted by Crippen LogP contribution is 2.30. The summed E-state index contributed by atoms with van der Waals surface area (Å²) in [4.78, 5) is 27.0. The number of benzene rings is 2. The highest BCUT2D eigenvalue weighted by Gasteiger charge is 2.31. The van der Waals surface area contributed by atoms with Crippen LogP contribution in [0.3, 0.4) is 0 Å². The maximum absolute atomic E-state index is 12.6. The molecular weight excluding hydrogens is 481 g/mol. The first-order valence-electron chi connectivity index (χ1n) is 10.5. The zero-order valence-electron chi connectivity index (χ0n) is 18.4. The van der Waals surface area contributed by atoms with Gasteiger partial charge in [-0.15, -0.1) is 18.3 Å². The van der Waals surface area contributed by atoms with Gasteiger partial charge in [-0.05, 0) is 54.1 Å². The first-order valence-corrected chi connectivity index (χ1v) is 10.5. The van der Waals surface area contributed by atoms with Crippen LogP contribution in [-0.2, 0) is 0 Å². The molecule has 0 radical (unpaired) electrons. The molecule has 0 bridgehead atoms. The molecule has 0 aliphatic heterocycles. The van der Waals surface area contributed by atoms with Crippen LogP contribution >= 0.6 is 0 Å². The van der Waals surface area contributed by atoms with Crippen molar-refractivity contribution in [2.75, 3.05) is 18.4 Å². The molecule has 0 spiro atoms. The Kier molecular flexibility index (Phi) is 6.90. The molecule has 2 heterocycles. The Bertz CT molecular complexity index is 1390. The van der Waals surface area contributed by atoms with Gasteiger partial charge in [-0.2, -0.15) is 4.98 Å². The van der Waals surface area contributed by atoms with E-state index in [0.29, 0.717) is 28.0 Å². The molecule has 2 amide bonds. The van der Waals surface area contributed by atoms with Crippen LogP contribution in [0, 0.1) is 0 Å². The number of carbonyl (C=O) groups excluding carboxylic acids is 1. The van der Waals surface area contributed by atoms with Crippen molar-refractivity contribution >= 4 is 29.3 Å². The van der Waals surface area contributed by atoms with Crippen LogP contribution in [0.4, 0.5) is 29.6 Å². The fourth-order valence-electron chi connectivity index (χ4n) is 3.33. The number of carbonyl (C=O) groups is 2. The normalized spacial score (nSPS) is 11.2. The molecular formula is C23H19F3N6O4. The number of halogens is 3. The number of ether oxygens (including phenoxy) is 1. The number of hydrogen-bond acceptors (Lipinski definition) is 6. The van der Waals surface area contributed by atoms with Crippen molar-refractivity contribution < 1.29 is 32.6 Å². The van der Waals surface area contributed by atoms with Gasteiger partial charge in [0.2, 0.25) is 5.95 Å². The molecule has 2 aromatic carbocycles. The molecule has 0 saturated carbocycles. The lowest BCUT2D eigenvalue weighted by molar-refractivity contribution is -0.274. The van der Waals surface area contributed by atoms with E-state index in [1.165, 1.54) is 22.7 Å². The number of pyridine rings is 1. The average Bonchev–Trinajstić information content (AvgIpc) is 3.23. The molecule has 36 heavy (non-hydrogen) atoms. The minimum atomic E-state index is -4.80. The quantitative estimate of drug-likeness (QED) is 0.269. The summed E-state index contributed by atoms with van der Waals surface area (Å²) in [5.74, 6) is -0.467. The number of nitrogens with one attached hydrogen (secondary N) is 3. The van der Waals surface area contributed by atoms with Crippen LogP contribution < -0.4 is 20.7 Å². The molecule has 0 aliphatic carbocycles. The van der Waals surface area contributed by atoms with Gasteiger partial charge in [0.25, 0.3) is 5.91 Å². The van der Waals surface area contributed by atoms with Gasteiger partial charge < -0.3 is 25.8 Å². The van der Waals surface area contributed by atoms with Gasteiger partial charge in [0, 0.05) is 36.1 Å². The number of carboxylic acid groups (broad SMARTS) is 1. The van der Waals surface area contributed by atoms with Crippen molar-refractivity contribution in [1.82, 2.24) is 25.2 Å². The number of alkyl halides is 3. The van der Waals surface area contributed by atoms with Crippen LogP contribution in [0.15, 0.2) is 66.9 Å². The zero-order chi connectivity index (χ0) is 25.7. The number of rotatable bonds is 8. The van der Waals surface area contributed by atoms with Gasteiger partial charge in [-0.3, -0.25) is 4.79 Å². The smallest absolute Gasteiger partial charge is 0.465 e. The average molecular weight is 500 g/mol. The zero-order valence-corrected chi connectivity index (χ0v) is 18.4. The van der Waals surface area contributed by atoms with Crippen LogP contribution in [0.1, 0.15) is 10.4 Å². The van der Waals surface area contributed by atoms with E-state index in [0.717, 1.165) is 0 Å². The van der Waals surface area contributed by atoms with E-state index in [1.54, 1.807) is 48.7 Å². The minimum absolute atomic E-state index is 0.0852. The molecule has 0 fully saturated rings. The number of hydrogen-bond donors (Lipinski definition) is 4. The van der Waals surface area contributed by atoms with Crippen molar-refractivity contribution in [3.63, 3.8) is 0 Å². The van der Waals surface area contributed by atoms with E-state index in [2.05, 4.69) is 30.8 Å². The molecule has 4 rings (SSSR count). The van der Waals surface area contributed by atoms with E-state index in [-0.39, 0.29) is 30.7 Å². The number of aromatic nitrogens is 3. The Morgan fingerprint density at radius 2 is 1.75 bits per heavy atom. The summed E-state index contributed by atoms with van der Waals surface area (Å²) in [7, 11) is 0. The van der Waals surface area contributed by atoms with Crippen molar-refractivity contribution in [2.24, 2.45) is 0 Å². The molecule has 186 valence electrons. The van der Waals surface area contributed by atoms with Crippen molar-refractivity contribution in [1.29, 1.82) is 0 Å². The lowest BCUT2D eigenvalue weighted by Gasteiger charge is -2.10. The van der Waals surface area contributed by atoms with Crippen molar-refractivity contribution in [3.8, 4) is 16.9 Å². The lowest BCUT2D eigenvalue weighted by Crippen LogP contribution is -2.33. The summed E-state index contributed by atoms with van der Waals surface area (Å²) in [5, 5.41) is 20.6. The molecule has 13 heteroatoms. The molecule has 2 aromatic heterocycles. The van der Waals surface area contributed by atoms with Gasteiger partial charge in [0.05, 0.1) is 0 Å². The van der Waals surface area contributed by atoms with Crippen LogP contribution in [-0.4, -0.2) is 51.2 Å². The second-order valence-electron chi connectivity index (χ2n) is 7.39. The Hall–Kier alpha value is -4.81. The minimum Gasteiger partial charge on any atom is -0.465 e. The summed E-state index contributed by atoms with van der Waals surface area (Å²) in [6.45, 7) is 0.228. The lowest BCUT2D eigenvalue weighted by atomic mass is 10.1. The summed E-state index contributed by atoms with van der Waals surface area (Å²) in [5.41, 5.74) is 2.40. The van der Waals surface area contributed by atoms with Crippen LogP contribution in [0.5, 0.6) is 5.75 Å². The van der Waals surface area contributed by atoms with E-state index in [1.807, 2.05) is 0 Å². The standard InChI is InChI=1S/C23H19F3N6O4/c24-23(25,26)36-17-4-1-3-15(13-17)18-5-2-12-32-19(18)30-21(31-32)29-16-8-6-14(7-9-16)20(33)27-10-11-28-22(34)35/h1-9,12-13,28H,10-11H2,(H,27,33)(H,29,31)(H,34,35). The molecule has 0 unspecified atom stereocenters. The van der Waals surface area contributed by atoms with Crippen LogP contribution in [0.25, 0.3) is 16.8 Å². The second kappa shape index (κ2) is 10.2. The SMILES string of the molecule is O=C(O)NCCNC(=O)c1ccc(Nc2nc3c(-c4cccc(OC(F)(F)F)c4)cccn3n2)cc1. The second-order valence-corrected chi connectivity index (χ2v) is 7.39. The molecule has 0 saturated heterocycles. The predicted octanol–water partition coefficient (Wildman–Crippen LogP) is 4.04. The number of nitrogens with zero attached hydrogens (tertiary/aromatic N) is 3. The van der Waals surface area contributed by atoms with E-state index in [4.69, 9.17) is 5.11 Å². The molecule has 0 aliphatic rings. The molecule has 4 aromatic rings. The highest BCUT2D eigenvalue weighted by atomic mass is 19.4. The third-order valence-corrected chi connectivity index (χ3v) is 4.83. The summed E-state index contributed by atoms with van der Waals surface area (Å²) in [6, 6.07) is 15.4. The van der Waals surface area contributed by atoms with Crippen molar-refractivity contribution in [3.05, 3.63) is 72.4 Å². The van der Waals surface area contributed by atoms with E-state index < -0.39 is 12.5 Å². The van der Waals surface area contributed by atoms with Crippen molar-refractivity contribution in [2.45, 2.75) is 6.36 Å². The predicted molar refractivity (Wildman–Crippen MR) is 123 cm³/mol. The third-order valence-electron chi connectivity index (χ3n) is 4.83. The van der Waals surface area contributed by atoms with Gasteiger partial charge in [-0.25, -0.2) is 9.31 Å². The van der Waals surface area contributed by atoms with Gasteiger partial charge in [0.15, 0.2) is 5.65 Å². The van der Waals surface area contributed by atoms with Gasteiger partial charge >= 0.3 is 12.5 Å². The number of fused-ring (bicyclic) bond motifs is 1. The molecule has 4 N–H and O–H groups in total. The Morgan fingerprint density at radius 1 is 1.00 bits per heavy atom. The third kappa shape index (κ3) is 6.20. The maximum atomic E-state index is 12.6. The van der Waals surface area contributed by atoms with Gasteiger partial charge in [0.1, 0.15) is 5.75 Å². The molecule has 0 atom stereocenters. The summed E-state index contributed by atoms with van der Waals surface area (Å²) < 4.78 is 43.3. The van der Waals surface area contributed by atoms with E-state index >= 15 is 0 Å². The van der Waals surface area contributed by atoms with Crippen LogP contribution in [0.2, 0.25) is 0 Å². The first-order chi connectivity index (χ1) is 17.2. The maximum Gasteiger partial charge on any atom is 0.573 e. The topological polar surface area (TPSA) is 130 Å².